The molecule has 3 nitrogen and oxygen atoms in total. The van der Waals surface area contributed by atoms with Gasteiger partial charge in [-0.2, -0.15) is 0 Å². The van der Waals surface area contributed by atoms with E-state index in [2.05, 4.69) is 15.2 Å². The first-order chi connectivity index (χ1) is 2.50. The molecule has 1 N–H and O–H groups in total. The topological polar surface area (TPSA) is 38.5 Å². The first kappa shape index (κ1) is 2.42. The van der Waals surface area contributed by atoms with Gasteiger partial charge < -0.3 is 0 Å². The summed E-state index contributed by atoms with van der Waals surface area (Å²) in [6, 6.07) is 0. The largest absolute Gasteiger partial charge is 0.365 e. The van der Waals surface area contributed by atoms with Crippen LogP contribution in [0.15, 0.2) is 5.11 Å². The van der Waals surface area contributed by atoms with Crippen molar-refractivity contribution in [3.63, 3.8) is 0 Å². The van der Waals surface area contributed by atoms with E-state index in [1.54, 1.807) is 6.34 Å². The van der Waals surface area contributed by atoms with Crippen molar-refractivity contribution >= 4 is 6.34 Å². The van der Waals surface area contributed by atoms with Gasteiger partial charge in [-0.3, -0.25) is 0 Å². The van der Waals surface area contributed by atoms with Crippen LogP contribution in [-0.2, 0) is 0 Å². The summed E-state index contributed by atoms with van der Waals surface area (Å²) in [5.41, 5.74) is 0. The second-order valence-electron chi connectivity index (χ2n) is 0.748. The Labute approximate surface area is 29.4 Å². The Morgan fingerprint density at radius 2 is 3.00 bits per heavy atom. The molecule has 1 aliphatic rings. The maximum Gasteiger partial charge on any atom is 0.365 e. The van der Waals surface area contributed by atoms with Crippen molar-refractivity contribution in [2.24, 2.45) is 5.11 Å². The lowest BCUT2D eigenvalue weighted by Crippen LogP contribution is -2.03. The summed E-state index contributed by atoms with van der Waals surface area (Å²) in [4.78, 5) is 3.47. The first-order valence-corrected chi connectivity index (χ1v) is 1.42. The Kier molecular flexibility index (Phi) is 0.419. The first-order valence-electron chi connectivity index (χ1n) is 1.42. The molecule has 0 fully saturated rings. The predicted molar refractivity (Wildman–Crippen MR) is 16.8 cm³/mol. The molecule has 0 aromatic rings. The van der Waals surface area contributed by atoms with E-state index < -0.39 is 0 Å². The third-order valence-corrected chi connectivity index (χ3v) is 0.393. The molecule has 1 heterocycles. The van der Waals surface area contributed by atoms with E-state index in [-0.39, 0.29) is 0 Å². The summed E-state index contributed by atoms with van der Waals surface area (Å²) in [6.45, 7) is 0.653. The molecule has 1 aliphatic heterocycles. The van der Waals surface area contributed by atoms with Crippen molar-refractivity contribution in [3.8, 4) is 0 Å². The van der Waals surface area contributed by atoms with Crippen LogP contribution >= 0.6 is 0 Å². The van der Waals surface area contributed by atoms with Crippen molar-refractivity contribution in [3.05, 3.63) is 0 Å². The van der Waals surface area contributed by atoms with Crippen molar-refractivity contribution in [2.75, 3.05) is 6.67 Å². The van der Waals surface area contributed by atoms with Crippen LogP contribution < -0.4 is 5.32 Å². The van der Waals surface area contributed by atoms with E-state index in [1.807, 2.05) is 0 Å². The van der Waals surface area contributed by atoms with Crippen LogP contribution in [0.4, 0.5) is 0 Å². The van der Waals surface area contributed by atoms with Gasteiger partial charge in [0, 0.05) is 5.11 Å². The average molecular weight is 70.1 g/mol. The molecule has 5 heavy (non-hydrogen) atoms. The third-order valence-electron chi connectivity index (χ3n) is 0.393. The van der Waals surface area contributed by atoms with Gasteiger partial charge in [0.15, 0.2) is 0 Å². The zero-order valence-electron chi connectivity index (χ0n) is 2.68. The standard InChI is InChI=1S/C2H3N3/c1-3-2-5-4-1/h1H,2H2/p+1. The predicted octanol–water partition coefficient (Wildman–Crippen LogP) is -0.764. The minimum atomic E-state index is 0.653. The van der Waals surface area contributed by atoms with Crippen molar-refractivity contribution in [1.29, 1.82) is 0 Å². The summed E-state index contributed by atoms with van der Waals surface area (Å²) in [5.74, 6) is 0. The van der Waals surface area contributed by atoms with Crippen molar-refractivity contribution in [2.45, 2.75) is 0 Å². The Bertz CT molecular complexity index is 70.9. The monoisotopic (exact) mass is 70.0 g/mol. The summed E-state index contributed by atoms with van der Waals surface area (Å²) < 4.78 is 0. The van der Waals surface area contributed by atoms with Crippen LogP contribution in [0.5, 0.6) is 0 Å². The molecule has 0 radical (unpaired) electrons. The van der Waals surface area contributed by atoms with Crippen LogP contribution in [0.1, 0.15) is 0 Å². The summed E-state index contributed by atoms with van der Waals surface area (Å²) in [6.07, 6.45) is 1.57. The highest BCUT2D eigenvalue weighted by Gasteiger charge is 1.88. The number of hydrogen-bond acceptors (Lipinski definition) is 2. The Hall–Kier alpha value is -0.820. The zero-order valence-corrected chi connectivity index (χ0v) is 2.68. The fraction of sp³-hybridized carbons (Fsp3) is 0.500. The van der Waals surface area contributed by atoms with Gasteiger partial charge in [0.2, 0.25) is 6.67 Å². The second kappa shape index (κ2) is 0.865. The maximum absolute atomic E-state index is 3.54. The average Bonchev–Trinajstić information content (AvgIpc) is 1.76. The van der Waals surface area contributed by atoms with Gasteiger partial charge in [-0.15, -0.1) is 0 Å². The van der Waals surface area contributed by atoms with Crippen LogP contribution in [-0.4, -0.2) is 17.8 Å². The van der Waals surface area contributed by atoms with Gasteiger partial charge >= 0.3 is 6.34 Å². The molecule has 0 amide bonds. The number of nitrogens with one attached hydrogen (secondary N) is 1. The van der Waals surface area contributed by atoms with Gasteiger partial charge in [0.1, 0.15) is 0 Å². The zero-order chi connectivity index (χ0) is 3.54. The lowest BCUT2D eigenvalue weighted by molar-refractivity contribution is -0.0712. The van der Waals surface area contributed by atoms with Crippen molar-refractivity contribution in [1.82, 2.24) is 5.32 Å². The fourth-order valence-corrected chi connectivity index (χ4v) is 0.204. The smallest absolute Gasteiger partial charge is 0.240 e. The van der Waals surface area contributed by atoms with Crippen molar-refractivity contribution < 1.29 is 4.79 Å². The van der Waals surface area contributed by atoms with Crippen LogP contribution in [0.2, 0.25) is 0 Å². The van der Waals surface area contributed by atoms with Gasteiger partial charge in [-0.1, -0.05) is 4.79 Å². The van der Waals surface area contributed by atoms with E-state index >= 15 is 0 Å². The van der Waals surface area contributed by atoms with Crippen LogP contribution in [0.25, 0.3) is 0 Å². The lowest BCUT2D eigenvalue weighted by Gasteiger charge is -1.59. The van der Waals surface area contributed by atoms with Gasteiger partial charge in [0.05, 0.1) is 0 Å². The molecule has 0 saturated carbocycles. The van der Waals surface area contributed by atoms with Gasteiger partial charge in [0.25, 0.3) is 0 Å². The normalized spacial score (nSPS) is 16.0. The Morgan fingerprint density at radius 1 is 2.00 bits per heavy atom. The van der Waals surface area contributed by atoms with E-state index in [4.69, 9.17) is 0 Å². The third kappa shape index (κ3) is 0.253. The van der Waals surface area contributed by atoms with Gasteiger partial charge in [-0.05, 0) is 0 Å². The summed E-state index contributed by atoms with van der Waals surface area (Å²) in [7, 11) is 0. The highest BCUT2D eigenvalue weighted by atomic mass is 15.2. The molecule has 0 bridgehead atoms. The molecule has 0 saturated heterocycles. The van der Waals surface area contributed by atoms with E-state index in [0.29, 0.717) is 6.67 Å². The molecule has 0 aromatic carbocycles. The molecule has 0 aromatic heterocycles. The maximum atomic E-state index is 3.54. The summed E-state index contributed by atoms with van der Waals surface area (Å²) in [5, 5.41) is 6.31. The molecule has 0 unspecified atom stereocenters. The Balaban J connectivity index is 2.64. The van der Waals surface area contributed by atoms with E-state index in [9.17, 15) is 0 Å². The van der Waals surface area contributed by atoms with Crippen LogP contribution in [0.3, 0.4) is 0 Å². The lowest BCUT2D eigenvalue weighted by atomic mass is 11.1. The molecular formula is C2H4N3+. The number of rotatable bonds is 0. The van der Waals surface area contributed by atoms with Crippen LogP contribution in [0, 0.1) is 0 Å². The minimum absolute atomic E-state index is 0.653. The van der Waals surface area contributed by atoms with E-state index in [1.165, 1.54) is 0 Å². The molecule has 3 heteroatoms. The Morgan fingerprint density at radius 3 is 3.20 bits per heavy atom. The number of nitrogens with zero attached hydrogens (tertiary/aromatic N) is 2. The SMILES string of the molecule is C1=[N+]=NCN1. The number of hydrogen-bond donors (Lipinski definition) is 1. The molecule has 0 spiro atoms. The quantitative estimate of drug-likeness (QED) is 0.374. The van der Waals surface area contributed by atoms with E-state index in [0.717, 1.165) is 0 Å². The molecule has 1 rings (SSSR count). The molecule has 0 aliphatic carbocycles. The summed E-state index contributed by atoms with van der Waals surface area (Å²) >= 11 is 0. The van der Waals surface area contributed by atoms with Gasteiger partial charge in [-0.25, -0.2) is 5.32 Å². The second-order valence-corrected chi connectivity index (χ2v) is 0.748. The highest BCUT2D eigenvalue weighted by molar-refractivity contribution is 5.47. The fourth-order valence-electron chi connectivity index (χ4n) is 0.204. The minimum Gasteiger partial charge on any atom is -0.240 e. The highest BCUT2D eigenvalue weighted by Crippen LogP contribution is 1.56. The molecule has 0 atom stereocenters. The molecular weight excluding hydrogens is 66.0 g/mol. The molecule has 26 valence electrons.